The molecule has 0 fully saturated rings. The van der Waals surface area contributed by atoms with Gasteiger partial charge in [-0.1, -0.05) is 32.0 Å². The van der Waals surface area contributed by atoms with Crippen molar-refractivity contribution >= 4 is 0 Å². The normalized spacial score (nSPS) is 10.4. The molecule has 0 atom stereocenters. The minimum absolute atomic E-state index is 0.254. The fourth-order valence-corrected chi connectivity index (χ4v) is 1.78. The van der Waals surface area contributed by atoms with E-state index < -0.39 is 0 Å². The highest BCUT2D eigenvalue weighted by atomic mass is 16.2. The standard InChI is InChI=1S/C12H18O/c1-3-10-6-5-7-11(4-2)12(10)8-9-13/h5-7,13H,3-4,8-9H2,1-2H3. The highest BCUT2D eigenvalue weighted by Gasteiger charge is 2.04. The first kappa shape index (κ1) is 10.3. The molecule has 1 heteroatoms. The first-order valence-corrected chi connectivity index (χ1v) is 5.04. The van der Waals surface area contributed by atoms with Crippen molar-refractivity contribution in [1.29, 1.82) is 0 Å². The van der Waals surface area contributed by atoms with E-state index in [2.05, 4.69) is 32.0 Å². The molecule has 13 heavy (non-hydrogen) atoms. The summed E-state index contributed by atoms with van der Waals surface area (Å²) in [4.78, 5) is 0. The lowest BCUT2D eigenvalue weighted by atomic mass is 9.95. The van der Waals surface area contributed by atoms with E-state index in [9.17, 15) is 0 Å². The van der Waals surface area contributed by atoms with E-state index in [-0.39, 0.29) is 6.61 Å². The van der Waals surface area contributed by atoms with Crippen molar-refractivity contribution < 1.29 is 5.11 Å². The van der Waals surface area contributed by atoms with Crippen LogP contribution in [0, 0.1) is 0 Å². The number of hydrogen-bond acceptors (Lipinski definition) is 1. The van der Waals surface area contributed by atoms with Crippen molar-refractivity contribution in [2.24, 2.45) is 0 Å². The Kier molecular flexibility index (Phi) is 3.97. The molecule has 0 heterocycles. The van der Waals surface area contributed by atoms with Crippen LogP contribution in [0.1, 0.15) is 30.5 Å². The van der Waals surface area contributed by atoms with Crippen LogP contribution in [0.25, 0.3) is 0 Å². The molecule has 0 aromatic heterocycles. The zero-order valence-corrected chi connectivity index (χ0v) is 8.51. The Labute approximate surface area is 80.4 Å². The average Bonchev–Trinajstić information content (AvgIpc) is 2.18. The second-order valence-corrected chi connectivity index (χ2v) is 3.24. The molecule has 0 aliphatic carbocycles. The Morgan fingerprint density at radius 2 is 1.62 bits per heavy atom. The van der Waals surface area contributed by atoms with Crippen LogP contribution < -0.4 is 0 Å². The zero-order valence-electron chi connectivity index (χ0n) is 8.51. The van der Waals surface area contributed by atoms with Gasteiger partial charge in [-0.3, -0.25) is 0 Å². The van der Waals surface area contributed by atoms with Crippen molar-refractivity contribution in [3.63, 3.8) is 0 Å². The summed E-state index contributed by atoms with van der Waals surface area (Å²) in [5, 5.41) is 8.96. The van der Waals surface area contributed by atoms with Crippen LogP contribution in [0.2, 0.25) is 0 Å². The van der Waals surface area contributed by atoms with Crippen molar-refractivity contribution in [2.75, 3.05) is 6.61 Å². The van der Waals surface area contributed by atoms with Crippen molar-refractivity contribution in [3.05, 3.63) is 34.9 Å². The fourth-order valence-electron chi connectivity index (χ4n) is 1.78. The zero-order chi connectivity index (χ0) is 9.68. The lowest BCUT2D eigenvalue weighted by Crippen LogP contribution is -2.01. The summed E-state index contributed by atoms with van der Waals surface area (Å²) < 4.78 is 0. The highest BCUT2D eigenvalue weighted by Crippen LogP contribution is 2.16. The molecule has 0 aliphatic heterocycles. The quantitative estimate of drug-likeness (QED) is 0.750. The van der Waals surface area contributed by atoms with Gasteiger partial charge in [-0.05, 0) is 36.0 Å². The molecule has 0 saturated carbocycles. The molecule has 1 aromatic carbocycles. The van der Waals surface area contributed by atoms with Crippen LogP contribution in [-0.4, -0.2) is 11.7 Å². The monoisotopic (exact) mass is 178 g/mol. The topological polar surface area (TPSA) is 20.2 Å². The molecule has 72 valence electrons. The predicted octanol–water partition coefficient (Wildman–Crippen LogP) is 2.35. The number of aliphatic hydroxyl groups is 1. The van der Waals surface area contributed by atoms with Crippen LogP contribution in [-0.2, 0) is 19.3 Å². The van der Waals surface area contributed by atoms with Gasteiger partial charge in [-0.25, -0.2) is 0 Å². The van der Waals surface area contributed by atoms with Gasteiger partial charge in [0.1, 0.15) is 0 Å². The van der Waals surface area contributed by atoms with E-state index in [1.54, 1.807) is 0 Å². The maximum absolute atomic E-state index is 8.96. The van der Waals surface area contributed by atoms with E-state index in [0.29, 0.717) is 0 Å². The predicted molar refractivity (Wildman–Crippen MR) is 56.0 cm³/mol. The molecule has 0 amide bonds. The number of aliphatic hydroxyl groups excluding tert-OH is 1. The molecule has 1 nitrogen and oxygen atoms in total. The van der Waals surface area contributed by atoms with Crippen LogP contribution >= 0.6 is 0 Å². The van der Waals surface area contributed by atoms with Crippen molar-refractivity contribution in [1.82, 2.24) is 0 Å². The molecule has 0 unspecified atom stereocenters. The summed E-state index contributed by atoms with van der Waals surface area (Å²) in [6.45, 7) is 4.58. The number of rotatable bonds is 4. The molecule has 0 saturated heterocycles. The lowest BCUT2D eigenvalue weighted by molar-refractivity contribution is 0.299. The molecule has 1 N–H and O–H groups in total. The molecule has 1 aromatic rings. The summed E-state index contributed by atoms with van der Waals surface area (Å²) in [5.41, 5.74) is 4.12. The van der Waals surface area contributed by atoms with E-state index in [1.807, 2.05) is 0 Å². The minimum atomic E-state index is 0.254. The third kappa shape index (κ3) is 2.31. The Hall–Kier alpha value is -0.820. The third-order valence-corrected chi connectivity index (χ3v) is 2.49. The van der Waals surface area contributed by atoms with Gasteiger partial charge in [0.05, 0.1) is 0 Å². The Balaban J connectivity index is 3.05. The van der Waals surface area contributed by atoms with Crippen molar-refractivity contribution in [3.8, 4) is 0 Å². The Morgan fingerprint density at radius 3 is 2.00 bits per heavy atom. The van der Waals surface area contributed by atoms with Crippen LogP contribution in [0.4, 0.5) is 0 Å². The number of benzene rings is 1. The maximum Gasteiger partial charge on any atom is 0.0471 e. The molecule has 0 spiro atoms. The van der Waals surface area contributed by atoms with Gasteiger partial charge in [0.15, 0.2) is 0 Å². The third-order valence-electron chi connectivity index (χ3n) is 2.49. The summed E-state index contributed by atoms with van der Waals surface area (Å²) >= 11 is 0. The van der Waals surface area contributed by atoms with E-state index in [1.165, 1.54) is 16.7 Å². The van der Waals surface area contributed by atoms with Gasteiger partial charge >= 0.3 is 0 Å². The first-order chi connectivity index (χ1) is 6.33. The molecular weight excluding hydrogens is 160 g/mol. The Bertz CT molecular complexity index is 244. The van der Waals surface area contributed by atoms with E-state index in [0.717, 1.165) is 19.3 Å². The number of hydrogen-bond donors (Lipinski definition) is 1. The lowest BCUT2D eigenvalue weighted by Gasteiger charge is -2.11. The molecule has 0 radical (unpaired) electrons. The van der Waals surface area contributed by atoms with Crippen LogP contribution in [0.5, 0.6) is 0 Å². The van der Waals surface area contributed by atoms with Gasteiger partial charge in [0.2, 0.25) is 0 Å². The van der Waals surface area contributed by atoms with Crippen molar-refractivity contribution in [2.45, 2.75) is 33.1 Å². The summed E-state index contributed by atoms with van der Waals surface area (Å²) in [5.74, 6) is 0. The van der Waals surface area contributed by atoms with Gasteiger partial charge in [0.25, 0.3) is 0 Å². The second kappa shape index (κ2) is 5.03. The largest absolute Gasteiger partial charge is 0.396 e. The molecular formula is C12H18O. The summed E-state index contributed by atoms with van der Waals surface area (Å²) in [7, 11) is 0. The summed E-state index contributed by atoms with van der Waals surface area (Å²) in [6.07, 6.45) is 2.92. The minimum Gasteiger partial charge on any atom is -0.396 e. The highest BCUT2D eigenvalue weighted by molar-refractivity contribution is 5.35. The first-order valence-electron chi connectivity index (χ1n) is 5.04. The average molecular weight is 178 g/mol. The number of aryl methyl sites for hydroxylation is 2. The van der Waals surface area contributed by atoms with E-state index >= 15 is 0 Å². The van der Waals surface area contributed by atoms with Gasteiger partial charge in [-0.2, -0.15) is 0 Å². The second-order valence-electron chi connectivity index (χ2n) is 3.24. The SMILES string of the molecule is CCc1cccc(CC)c1CCO. The molecule has 0 aliphatic rings. The van der Waals surface area contributed by atoms with Crippen LogP contribution in [0.15, 0.2) is 18.2 Å². The van der Waals surface area contributed by atoms with E-state index in [4.69, 9.17) is 5.11 Å². The summed E-state index contributed by atoms with van der Waals surface area (Å²) in [6, 6.07) is 6.42. The maximum atomic E-state index is 8.96. The van der Waals surface area contributed by atoms with Gasteiger partial charge in [-0.15, -0.1) is 0 Å². The smallest absolute Gasteiger partial charge is 0.0471 e. The molecule has 1 rings (SSSR count). The molecule has 0 bridgehead atoms. The van der Waals surface area contributed by atoms with Crippen LogP contribution in [0.3, 0.4) is 0 Å². The Morgan fingerprint density at radius 1 is 1.08 bits per heavy atom. The fraction of sp³-hybridized carbons (Fsp3) is 0.500. The van der Waals surface area contributed by atoms with Gasteiger partial charge < -0.3 is 5.11 Å². The van der Waals surface area contributed by atoms with Gasteiger partial charge in [0, 0.05) is 6.61 Å².